The van der Waals surface area contributed by atoms with Gasteiger partial charge in [-0.15, -0.1) is 24.8 Å². The number of nitrogens with one attached hydrogen (secondary N) is 1. The summed E-state index contributed by atoms with van der Waals surface area (Å²) in [5.41, 5.74) is 4.23. The van der Waals surface area contributed by atoms with Gasteiger partial charge in [-0.1, -0.05) is 18.2 Å². The molecule has 0 aliphatic carbocycles. The normalized spacial score (nSPS) is 15.0. The summed E-state index contributed by atoms with van der Waals surface area (Å²) in [5, 5.41) is 3.38. The minimum atomic E-state index is 0. The standard InChI is InChI=1S/C12H18N2.2ClH/c1-10-4-3-5-11(2)12(10)14-8-6-13-7-9-14;;/h3-5,13H,6-9H2,1-2H3;2*1H. The first kappa shape index (κ1) is 15.6. The quantitative estimate of drug-likeness (QED) is 0.837. The van der Waals surface area contributed by atoms with E-state index in [1.165, 1.54) is 16.8 Å². The maximum atomic E-state index is 3.38. The molecule has 0 radical (unpaired) electrons. The molecule has 1 N–H and O–H groups in total. The van der Waals surface area contributed by atoms with Crippen LogP contribution in [0.2, 0.25) is 0 Å². The van der Waals surface area contributed by atoms with Crippen LogP contribution < -0.4 is 10.2 Å². The monoisotopic (exact) mass is 262 g/mol. The lowest BCUT2D eigenvalue weighted by Crippen LogP contribution is -2.44. The highest BCUT2D eigenvalue weighted by atomic mass is 35.5. The van der Waals surface area contributed by atoms with Crippen molar-refractivity contribution in [1.82, 2.24) is 5.32 Å². The van der Waals surface area contributed by atoms with E-state index in [0.717, 1.165) is 26.2 Å². The average Bonchev–Trinajstić information content (AvgIpc) is 2.19. The minimum Gasteiger partial charge on any atom is -0.369 e. The maximum Gasteiger partial charge on any atom is 0.0426 e. The molecule has 2 rings (SSSR count). The number of rotatable bonds is 1. The van der Waals surface area contributed by atoms with E-state index in [1.807, 2.05) is 0 Å². The molecule has 0 saturated carbocycles. The molecule has 16 heavy (non-hydrogen) atoms. The van der Waals surface area contributed by atoms with Crippen molar-refractivity contribution in [3.63, 3.8) is 0 Å². The summed E-state index contributed by atoms with van der Waals surface area (Å²) >= 11 is 0. The summed E-state index contributed by atoms with van der Waals surface area (Å²) in [4.78, 5) is 2.49. The van der Waals surface area contributed by atoms with Crippen LogP contribution in [0.15, 0.2) is 18.2 Å². The van der Waals surface area contributed by atoms with Gasteiger partial charge >= 0.3 is 0 Å². The third kappa shape index (κ3) is 3.27. The van der Waals surface area contributed by atoms with Crippen molar-refractivity contribution in [2.24, 2.45) is 0 Å². The predicted octanol–water partition coefficient (Wildman–Crippen LogP) is 2.56. The fourth-order valence-corrected chi connectivity index (χ4v) is 2.19. The van der Waals surface area contributed by atoms with Crippen molar-refractivity contribution in [3.05, 3.63) is 29.3 Å². The van der Waals surface area contributed by atoms with E-state index in [0.29, 0.717) is 0 Å². The summed E-state index contributed by atoms with van der Waals surface area (Å²) < 4.78 is 0. The number of benzene rings is 1. The highest BCUT2D eigenvalue weighted by molar-refractivity contribution is 5.85. The van der Waals surface area contributed by atoms with Crippen molar-refractivity contribution in [2.45, 2.75) is 13.8 Å². The number of para-hydroxylation sites is 1. The Labute approximate surface area is 110 Å². The van der Waals surface area contributed by atoms with E-state index in [1.54, 1.807) is 0 Å². The summed E-state index contributed by atoms with van der Waals surface area (Å²) in [6.07, 6.45) is 0. The third-order valence-electron chi connectivity index (χ3n) is 2.87. The Bertz CT molecular complexity index is 303. The largest absolute Gasteiger partial charge is 0.369 e. The van der Waals surface area contributed by atoms with Gasteiger partial charge in [-0.25, -0.2) is 0 Å². The molecular formula is C12H20Cl2N2. The lowest BCUT2D eigenvalue weighted by Gasteiger charge is -2.32. The third-order valence-corrected chi connectivity index (χ3v) is 2.87. The molecule has 1 heterocycles. The molecule has 0 bridgehead atoms. The van der Waals surface area contributed by atoms with Crippen LogP contribution in [-0.4, -0.2) is 26.2 Å². The summed E-state index contributed by atoms with van der Waals surface area (Å²) in [6.45, 7) is 8.87. The number of hydrogen-bond acceptors (Lipinski definition) is 2. The van der Waals surface area contributed by atoms with Gasteiger partial charge in [0.1, 0.15) is 0 Å². The molecular weight excluding hydrogens is 243 g/mol. The number of piperazine rings is 1. The fourth-order valence-electron chi connectivity index (χ4n) is 2.19. The highest BCUT2D eigenvalue weighted by Crippen LogP contribution is 2.24. The summed E-state index contributed by atoms with van der Waals surface area (Å²) in [7, 11) is 0. The first-order chi connectivity index (χ1) is 6.79. The molecule has 92 valence electrons. The second kappa shape index (κ2) is 7.00. The Morgan fingerprint density at radius 1 is 1.00 bits per heavy atom. The lowest BCUT2D eigenvalue weighted by molar-refractivity contribution is 0.587. The molecule has 1 fully saturated rings. The van der Waals surface area contributed by atoms with Crippen LogP contribution >= 0.6 is 24.8 Å². The van der Waals surface area contributed by atoms with Crippen LogP contribution in [0.5, 0.6) is 0 Å². The van der Waals surface area contributed by atoms with Gasteiger partial charge in [-0.05, 0) is 25.0 Å². The van der Waals surface area contributed by atoms with Crippen LogP contribution in [-0.2, 0) is 0 Å². The number of aryl methyl sites for hydroxylation is 2. The van der Waals surface area contributed by atoms with Crippen molar-refractivity contribution in [2.75, 3.05) is 31.1 Å². The van der Waals surface area contributed by atoms with Gasteiger partial charge in [0, 0.05) is 31.9 Å². The lowest BCUT2D eigenvalue weighted by atomic mass is 10.1. The topological polar surface area (TPSA) is 15.3 Å². The van der Waals surface area contributed by atoms with E-state index in [4.69, 9.17) is 0 Å². The van der Waals surface area contributed by atoms with E-state index >= 15 is 0 Å². The van der Waals surface area contributed by atoms with Gasteiger partial charge in [0.05, 0.1) is 0 Å². The van der Waals surface area contributed by atoms with Crippen LogP contribution in [0.4, 0.5) is 5.69 Å². The Hall–Kier alpha value is -0.440. The number of halogens is 2. The van der Waals surface area contributed by atoms with Crippen LogP contribution in [0.3, 0.4) is 0 Å². The fraction of sp³-hybridized carbons (Fsp3) is 0.500. The Balaban J connectivity index is 0.00000112. The summed E-state index contributed by atoms with van der Waals surface area (Å²) in [5.74, 6) is 0. The molecule has 0 aromatic heterocycles. The van der Waals surface area contributed by atoms with Crippen LogP contribution in [0.1, 0.15) is 11.1 Å². The van der Waals surface area contributed by atoms with E-state index in [-0.39, 0.29) is 24.8 Å². The number of hydrogen-bond donors (Lipinski definition) is 1. The van der Waals surface area contributed by atoms with E-state index in [2.05, 4.69) is 42.3 Å². The molecule has 2 nitrogen and oxygen atoms in total. The minimum absolute atomic E-state index is 0. The maximum absolute atomic E-state index is 3.38. The van der Waals surface area contributed by atoms with Gasteiger partial charge in [-0.2, -0.15) is 0 Å². The Morgan fingerprint density at radius 3 is 2.00 bits per heavy atom. The summed E-state index contributed by atoms with van der Waals surface area (Å²) in [6, 6.07) is 6.53. The highest BCUT2D eigenvalue weighted by Gasteiger charge is 2.13. The molecule has 0 atom stereocenters. The first-order valence-electron chi connectivity index (χ1n) is 5.31. The molecule has 1 aromatic rings. The molecule has 1 saturated heterocycles. The van der Waals surface area contributed by atoms with Crippen LogP contribution in [0.25, 0.3) is 0 Å². The zero-order chi connectivity index (χ0) is 9.97. The zero-order valence-corrected chi connectivity index (χ0v) is 11.5. The SMILES string of the molecule is Cc1cccc(C)c1N1CCNCC1.Cl.Cl. The number of anilines is 1. The van der Waals surface area contributed by atoms with Gasteiger partial charge in [0.25, 0.3) is 0 Å². The second-order valence-corrected chi connectivity index (χ2v) is 3.98. The molecule has 0 unspecified atom stereocenters. The first-order valence-corrected chi connectivity index (χ1v) is 5.31. The van der Waals surface area contributed by atoms with Crippen LogP contribution in [0, 0.1) is 13.8 Å². The zero-order valence-electron chi connectivity index (χ0n) is 9.82. The van der Waals surface area contributed by atoms with E-state index in [9.17, 15) is 0 Å². The van der Waals surface area contributed by atoms with E-state index < -0.39 is 0 Å². The number of nitrogens with zero attached hydrogens (tertiary/aromatic N) is 1. The smallest absolute Gasteiger partial charge is 0.0426 e. The molecule has 0 amide bonds. The predicted molar refractivity (Wildman–Crippen MR) is 75.5 cm³/mol. The van der Waals surface area contributed by atoms with Crippen molar-refractivity contribution in [3.8, 4) is 0 Å². The second-order valence-electron chi connectivity index (χ2n) is 3.98. The van der Waals surface area contributed by atoms with Gasteiger partial charge in [0.2, 0.25) is 0 Å². The van der Waals surface area contributed by atoms with Crippen molar-refractivity contribution >= 4 is 30.5 Å². The van der Waals surface area contributed by atoms with Gasteiger partial charge in [-0.3, -0.25) is 0 Å². The van der Waals surface area contributed by atoms with Crippen molar-refractivity contribution < 1.29 is 0 Å². The average molecular weight is 263 g/mol. The molecule has 1 aliphatic heterocycles. The molecule has 0 spiro atoms. The molecule has 4 heteroatoms. The Morgan fingerprint density at radius 2 is 1.50 bits per heavy atom. The Kier molecular flexibility index (Phi) is 6.81. The molecule has 1 aliphatic rings. The molecule has 1 aromatic carbocycles. The van der Waals surface area contributed by atoms with Crippen molar-refractivity contribution in [1.29, 1.82) is 0 Å². The van der Waals surface area contributed by atoms with Gasteiger partial charge < -0.3 is 10.2 Å². The van der Waals surface area contributed by atoms with Gasteiger partial charge in [0.15, 0.2) is 0 Å².